The molecule has 0 radical (unpaired) electrons. The number of Topliss-reactive ketones (excluding diaryl/α,β-unsaturated/α-hetero) is 1. The molecule has 0 aromatic rings. The minimum atomic E-state index is 0.224. The van der Waals surface area contributed by atoms with Gasteiger partial charge < -0.3 is 9.59 Å². The highest BCUT2D eigenvalue weighted by atomic mass is 16.1. The third-order valence-corrected chi connectivity index (χ3v) is 2.47. The number of carbonyl (C=O) groups excluding carboxylic acids is 2. The molecule has 0 fully saturated rings. The van der Waals surface area contributed by atoms with E-state index in [0.717, 1.165) is 44.8 Å². The molecule has 0 aromatic carbocycles. The average Bonchev–Trinajstić information content (AvgIpc) is 2.16. The van der Waals surface area contributed by atoms with E-state index in [4.69, 9.17) is 0 Å². The molecule has 82 valence electrons. The van der Waals surface area contributed by atoms with Gasteiger partial charge in [-0.3, -0.25) is 0 Å². The Morgan fingerprint density at radius 1 is 1.21 bits per heavy atom. The summed E-state index contributed by atoms with van der Waals surface area (Å²) in [6, 6.07) is 0. The van der Waals surface area contributed by atoms with Crippen molar-refractivity contribution in [2.24, 2.45) is 5.92 Å². The maximum atomic E-state index is 10.7. The zero-order valence-corrected chi connectivity index (χ0v) is 9.42. The van der Waals surface area contributed by atoms with Crippen molar-refractivity contribution in [3.05, 3.63) is 0 Å². The van der Waals surface area contributed by atoms with Crippen LogP contribution in [0.15, 0.2) is 0 Å². The van der Waals surface area contributed by atoms with Gasteiger partial charge in [0.15, 0.2) is 0 Å². The Balaban J connectivity index is 3.42. The topological polar surface area (TPSA) is 34.1 Å². The molecule has 0 aromatic heterocycles. The monoisotopic (exact) mass is 198 g/mol. The fourth-order valence-electron chi connectivity index (χ4n) is 1.53. The van der Waals surface area contributed by atoms with Crippen LogP contribution in [0, 0.1) is 5.92 Å². The van der Waals surface area contributed by atoms with Crippen LogP contribution in [0.3, 0.4) is 0 Å². The fraction of sp³-hybridized carbons (Fsp3) is 0.833. The van der Waals surface area contributed by atoms with Gasteiger partial charge in [-0.1, -0.05) is 26.2 Å². The van der Waals surface area contributed by atoms with Gasteiger partial charge in [0.2, 0.25) is 0 Å². The quantitative estimate of drug-likeness (QED) is 0.421. The Hall–Kier alpha value is -0.660. The molecule has 2 heteroatoms. The molecule has 0 amide bonds. The number of hydrogen-bond donors (Lipinski definition) is 0. The Kier molecular flexibility index (Phi) is 8.50. The van der Waals surface area contributed by atoms with E-state index >= 15 is 0 Å². The Morgan fingerprint density at radius 3 is 2.36 bits per heavy atom. The molecule has 0 aliphatic heterocycles. The van der Waals surface area contributed by atoms with Crippen LogP contribution in [0.4, 0.5) is 0 Å². The van der Waals surface area contributed by atoms with Gasteiger partial charge in [-0.25, -0.2) is 0 Å². The highest BCUT2D eigenvalue weighted by Crippen LogP contribution is 2.14. The van der Waals surface area contributed by atoms with Crippen molar-refractivity contribution < 1.29 is 9.59 Å². The predicted molar refractivity (Wildman–Crippen MR) is 58.2 cm³/mol. The van der Waals surface area contributed by atoms with Gasteiger partial charge in [0, 0.05) is 12.3 Å². The number of carbonyl (C=O) groups is 2. The zero-order chi connectivity index (χ0) is 10.8. The van der Waals surface area contributed by atoms with E-state index in [1.54, 1.807) is 6.92 Å². The van der Waals surface area contributed by atoms with Gasteiger partial charge in [0.25, 0.3) is 0 Å². The minimum Gasteiger partial charge on any atom is -0.303 e. The van der Waals surface area contributed by atoms with Crippen LogP contribution >= 0.6 is 0 Å². The molecular weight excluding hydrogens is 176 g/mol. The molecule has 0 heterocycles. The van der Waals surface area contributed by atoms with Crippen molar-refractivity contribution in [3.63, 3.8) is 0 Å². The van der Waals surface area contributed by atoms with Gasteiger partial charge in [-0.15, -0.1) is 0 Å². The fourth-order valence-corrected chi connectivity index (χ4v) is 1.53. The lowest BCUT2D eigenvalue weighted by molar-refractivity contribution is -0.117. The first kappa shape index (κ1) is 13.3. The molecule has 1 unspecified atom stereocenters. The summed E-state index contributed by atoms with van der Waals surface area (Å²) in [5, 5.41) is 0. The van der Waals surface area contributed by atoms with Crippen molar-refractivity contribution in [1.82, 2.24) is 0 Å². The van der Waals surface area contributed by atoms with Crippen molar-refractivity contribution in [1.29, 1.82) is 0 Å². The summed E-state index contributed by atoms with van der Waals surface area (Å²) in [5.41, 5.74) is 0. The number of hydrogen-bond acceptors (Lipinski definition) is 2. The van der Waals surface area contributed by atoms with Crippen LogP contribution in [0.5, 0.6) is 0 Å². The molecule has 0 aliphatic rings. The lowest BCUT2D eigenvalue weighted by atomic mass is 9.97. The van der Waals surface area contributed by atoms with E-state index < -0.39 is 0 Å². The van der Waals surface area contributed by atoms with Crippen LogP contribution in [0.25, 0.3) is 0 Å². The van der Waals surface area contributed by atoms with E-state index in [0.29, 0.717) is 6.42 Å². The van der Waals surface area contributed by atoms with E-state index in [1.165, 1.54) is 0 Å². The van der Waals surface area contributed by atoms with E-state index in [2.05, 4.69) is 6.92 Å². The Bertz CT molecular complexity index is 164. The van der Waals surface area contributed by atoms with Crippen LogP contribution in [0.2, 0.25) is 0 Å². The maximum Gasteiger partial charge on any atom is 0.129 e. The van der Waals surface area contributed by atoms with E-state index in [1.807, 2.05) is 0 Å². The number of rotatable bonds is 9. The first-order valence-corrected chi connectivity index (χ1v) is 5.65. The summed E-state index contributed by atoms with van der Waals surface area (Å²) in [5.74, 6) is 0.475. The summed E-state index contributed by atoms with van der Waals surface area (Å²) in [6.45, 7) is 3.76. The van der Waals surface area contributed by atoms with Crippen LogP contribution in [-0.2, 0) is 9.59 Å². The van der Waals surface area contributed by atoms with E-state index in [-0.39, 0.29) is 11.7 Å². The summed E-state index contributed by atoms with van der Waals surface area (Å²) in [6.07, 6.45) is 7.94. The lowest BCUT2D eigenvalue weighted by Crippen LogP contribution is -2.02. The standard InChI is InChI=1S/C12H22O2/c1-3-4-8-12(10-13)9-6-5-7-11(2)14/h10,12H,3-9H2,1-2H3. The predicted octanol–water partition coefficient (Wildman–Crippen LogP) is 3.14. The normalized spacial score (nSPS) is 12.4. The first-order chi connectivity index (χ1) is 6.70. The highest BCUT2D eigenvalue weighted by molar-refractivity contribution is 5.75. The second-order valence-electron chi connectivity index (χ2n) is 3.99. The highest BCUT2D eigenvalue weighted by Gasteiger charge is 2.06. The molecule has 0 aliphatic carbocycles. The van der Waals surface area contributed by atoms with Crippen molar-refractivity contribution in [2.45, 2.75) is 58.8 Å². The second kappa shape index (κ2) is 8.92. The molecule has 0 saturated carbocycles. The summed E-state index contributed by atoms with van der Waals surface area (Å²) in [7, 11) is 0. The minimum absolute atomic E-state index is 0.224. The molecule has 1 atom stereocenters. The number of ketones is 1. The van der Waals surface area contributed by atoms with Crippen LogP contribution in [0.1, 0.15) is 58.8 Å². The smallest absolute Gasteiger partial charge is 0.129 e. The molecule has 2 nitrogen and oxygen atoms in total. The lowest BCUT2D eigenvalue weighted by Gasteiger charge is -2.08. The van der Waals surface area contributed by atoms with Gasteiger partial charge >= 0.3 is 0 Å². The molecule has 0 spiro atoms. The summed E-state index contributed by atoms with van der Waals surface area (Å²) in [4.78, 5) is 21.3. The van der Waals surface area contributed by atoms with Gasteiger partial charge in [-0.2, -0.15) is 0 Å². The van der Waals surface area contributed by atoms with Crippen molar-refractivity contribution in [3.8, 4) is 0 Å². The molecular formula is C12H22O2. The van der Waals surface area contributed by atoms with E-state index in [9.17, 15) is 9.59 Å². The van der Waals surface area contributed by atoms with Crippen LogP contribution in [-0.4, -0.2) is 12.1 Å². The number of unbranched alkanes of at least 4 members (excludes halogenated alkanes) is 2. The molecule has 0 saturated heterocycles. The second-order valence-corrected chi connectivity index (χ2v) is 3.99. The zero-order valence-electron chi connectivity index (χ0n) is 9.42. The first-order valence-electron chi connectivity index (χ1n) is 5.65. The summed E-state index contributed by atoms with van der Waals surface area (Å²) >= 11 is 0. The average molecular weight is 198 g/mol. The van der Waals surface area contributed by atoms with Gasteiger partial charge in [-0.05, 0) is 26.2 Å². The van der Waals surface area contributed by atoms with Gasteiger partial charge in [0.1, 0.15) is 12.1 Å². The number of aldehydes is 1. The Labute approximate surface area is 87.1 Å². The molecule has 0 bridgehead atoms. The van der Waals surface area contributed by atoms with Crippen molar-refractivity contribution in [2.75, 3.05) is 0 Å². The van der Waals surface area contributed by atoms with Gasteiger partial charge in [0.05, 0.1) is 0 Å². The van der Waals surface area contributed by atoms with Crippen LogP contribution < -0.4 is 0 Å². The molecule has 14 heavy (non-hydrogen) atoms. The van der Waals surface area contributed by atoms with Crippen molar-refractivity contribution >= 4 is 12.1 Å². The third-order valence-electron chi connectivity index (χ3n) is 2.47. The SMILES string of the molecule is CCCCC(C=O)CCCCC(C)=O. The Morgan fingerprint density at radius 2 is 1.86 bits per heavy atom. The molecule has 0 rings (SSSR count). The maximum absolute atomic E-state index is 10.7. The largest absolute Gasteiger partial charge is 0.303 e. The molecule has 0 N–H and O–H groups in total. The third kappa shape index (κ3) is 7.96. The summed E-state index contributed by atoms with van der Waals surface area (Å²) < 4.78 is 0.